The number of nitrogens with zero attached hydrogens (tertiary/aromatic N) is 3. The summed E-state index contributed by atoms with van der Waals surface area (Å²) in [6.07, 6.45) is 3.62. The molecule has 0 fully saturated rings. The highest BCUT2D eigenvalue weighted by Crippen LogP contribution is 2.19. The van der Waals surface area contributed by atoms with Crippen molar-refractivity contribution in [3.05, 3.63) is 46.4 Å². The van der Waals surface area contributed by atoms with E-state index >= 15 is 0 Å². The number of benzene rings is 1. The first-order valence-corrected chi connectivity index (χ1v) is 8.96. The zero-order valence-corrected chi connectivity index (χ0v) is 15.1. The molecule has 3 rings (SSSR count). The largest absolute Gasteiger partial charge is 0.352 e. The van der Waals surface area contributed by atoms with Crippen LogP contribution in [-0.2, 0) is 12.1 Å². The molecule has 0 saturated heterocycles. The quantitative estimate of drug-likeness (QED) is 0.712. The van der Waals surface area contributed by atoms with Crippen LogP contribution in [0, 0.1) is 0 Å². The number of aromatic amines is 1. The Morgan fingerprint density at radius 3 is 2.58 bits per heavy atom. The summed E-state index contributed by atoms with van der Waals surface area (Å²) >= 11 is 1.71. The molecule has 0 saturated carbocycles. The van der Waals surface area contributed by atoms with Crippen LogP contribution in [0.1, 0.15) is 26.3 Å². The lowest BCUT2D eigenvalue weighted by Crippen LogP contribution is -2.24. The molecule has 2 N–H and O–H groups in total. The molecule has 2 aromatic heterocycles. The summed E-state index contributed by atoms with van der Waals surface area (Å²) in [7, 11) is 0. The molecule has 24 heavy (non-hydrogen) atoms. The minimum Gasteiger partial charge on any atom is -0.352 e. The van der Waals surface area contributed by atoms with Crippen molar-refractivity contribution in [3.63, 3.8) is 0 Å². The van der Waals surface area contributed by atoms with Crippen LogP contribution in [0.25, 0.3) is 11.0 Å². The Morgan fingerprint density at radius 2 is 1.96 bits per heavy atom. The lowest BCUT2D eigenvalue weighted by molar-refractivity contribution is 0.366. The van der Waals surface area contributed by atoms with E-state index in [1.54, 1.807) is 22.6 Å². The molecular weight excluding hydrogens is 322 g/mol. The van der Waals surface area contributed by atoms with Crippen molar-refractivity contribution in [2.24, 2.45) is 0 Å². The molecule has 0 amide bonds. The first-order valence-electron chi connectivity index (χ1n) is 7.74. The van der Waals surface area contributed by atoms with Crippen LogP contribution in [0.15, 0.2) is 40.2 Å². The Labute approximate surface area is 144 Å². The molecule has 0 radical (unpaired) electrons. The highest BCUT2D eigenvalue weighted by molar-refractivity contribution is 7.98. The zero-order valence-electron chi connectivity index (χ0n) is 14.3. The van der Waals surface area contributed by atoms with Gasteiger partial charge in [-0.15, -0.1) is 11.8 Å². The van der Waals surface area contributed by atoms with Crippen LogP contribution >= 0.6 is 11.8 Å². The number of rotatable bonds is 4. The van der Waals surface area contributed by atoms with Crippen molar-refractivity contribution in [2.45, 2.75) is 37.8 Å². The first kappa shape index (κ1) is 16.6. The molecule has 3 aromatic rings. The number of aromatic nitrogens is 4. The molecule has 0 aliphatic heterocycles. The summed E-state index contributed by atoms with van der Waals surface area (Å²) in [6.45, 7) is 6.68. The first-order chi connectivity index (χ1) is 11.4. The Bertz CT molecular complexity index is 905. The lowest BCUT2D eigenvalue weighted by atomic mass is 10.1. The third kappa shape index (κ3) is 3.31. The fourth-order valence-corrected chi connectivity index (χ4v) is 2.83. The summed E-state index contributed by atoms with van der Waals surface area (Å²) in [5, 5.41) is 8.00. The third-order valence-corrected chi connectivity index (χ3v) is 4.44. The Hall–Kier alpha value is -2.28. The average molecular weight is 343 g/mol. The van der Waals surface area contributed by atoms with E-state index in [0.717, 1.165) is 5.56 Å². The van der Waals surface area contributed by atoms with Crippen LogP contribution in [0.5, 0.6) is 0 Å². The number of anilines is 1. The molecule has 0 aliphatic rings. The molecule has 0 unspecified atom stereocenters. The topological polar surface area (TPSA) is 75.6 Å². The molecule has 2 heterocycles. The van der Waals surface area contributed by atoms with Crippen molar-refractivity contribution < 1.29 is 0 Å². The Balaban J connectivity index is 1.88. The van der Waals surface area contributed by atoms with Gasteiger partial charge >= 0.3 is 0 Å². The van der Waals surface area contributed by atoms with E-state index in [1.807, 2.05) is 20.8 Å². The number of thioether (sulfide) groups is 1. The second kappa shape index (κ2) is 6.32. The van der Waals surface area contributed by atoms with Crippen molar-refractivity contribution in [2.75, 3.05) is 11.6 Å². The molecule has 126 valence electrons. The van der Waals surface area contributed by atoms with Gasteiger partial charge in [-0.3, -0.25) is 9.78 Å². The van der Waals surface area contributed by atoms with Gasteiger partial charge in [-0.1, -0.05) is 12.1 Å². The monoisotopic (exact) mass is 343 g/mol. The lowest BCUT2D eigenvalue weighted by Gasteiger charge is -2.19. The SMILES string of the molecule is CSc1ccc(CNc2nc3c(cnn3C(C)(C)C)c(=O)[nH]2)cc1. The normalized spacial score (nSPS) is 11.8. The van der Waals surface area contributed by atoms with Gasteiger partial charge in [0.15, 0.2) is 5.65 Å². The van der Waals surface area contributed by atoms with Crippen LogP contribution in [0.3, 0.4) is 0 Å². The minimum atomic E-state index is -0.243. The predicted octanol–water partition coefficient (Wildman–Crippen LogP) is 3.21. The number of H-pyrrole nitrogens is 1. The summed E-state index contributed by atoms with van der Waals surface area (Å²) in [6, 6.07) is 8.29. The van der Waals surface area contributed by atoms with E-state index in [1.165, 1.54) is 4.90 Å². The maximum atomic E-state index is 12.2. The van der Waals surface area contributed by atoms with E-state index in [2.05, 4.69) is 50.9 Å². The maximum absolute atomic E-state index is 12.2. The fourth-order valence-electron chi connectivity index (χ4n) is 2.42. The molecule has 0 aliphatic carbocycles. The molecular formula is C17H21N5OS. The Kier molecular flexibility index (Phi) is 4.36. The molecule has 1 aromatic carbocycles. The average Bonchev–Trinajstić information content (AvgIpc) is 2.98. The smallest absolute Gasteiger partial charge is 0.263 e. The van der Waals surface area contributed by atoms with Crippen LogP contribution < -0.4 is 10.9 Å². The second-order valence-electron chi connectivity index (χ2n) is 6.58. The van der Waals surface area contributed by atoms with E-state index in [0.29, 0.717) is 23.5 Å². The van der Waals surface area contributed by atoms with E-state index in [4.69, 9.17) is 0 Å². The van der Waals surface area contributed by atoms with E-state index in [-0.39, 0.29) is 11.1 Å². The number of hydrogen-bond acceptors (Lipinski definition) is 5. The van der Waals surface area contributed by atoms with Gasteiger partial charge in [0.1, 0.15) is 5.39 Å². The molecule has 0 bridgehead atoms. The fraction of sp³-hybridized carbons (Fsp3) is 0.353. The summed E-state index contributed by atoms with van der Waals surface area (Å²) in [5.41, 5.74) is 1.29. The molecule has 6 nitrogen and oxygen atoms in total. The van der Waals surface area contributed by atoms with E-state index in [9.17, 15) is 4.79 Å². The van der Waals surface area contributed by atoms with Crippen LogP contribution in [0.4, 0.5) is 5.95 Å². The van der Waals surface area contributed by atoms with Gasteiger partial charge in [0, 0.05) is 11.4 Å². The standard InChI is InChI=1S/C17H21N5OS/c1-17(2,3)22-14-13(10-19-22)15(23)21-16(20-14)18-9-11-5-7-12(24-4)8-6-11/h5-8,10H,9H2,1-4H3,(H2,18,20,21,23). The van der Waals surface area contributed by atoms with Gasteiger partial charge in [0.05, 0.1) is 11.7 Å². The Morgan fingerprint density at radius 1 is 1.25 bits per heavy atom. The van der Waals surface area contributed by atoms with Gasteiger partial charge in [-0.25, -0.2) is 4.68 Å². The highest BCUT2D eigenvalue weighted by atomic mass is 32.2. The second-order valence-corrected chi connectivity index (χ2v) is 7.46. The predicted molar refractivity (Wildman–Crippen MR) is 98.7 cm³/mol. The van der Waals surface area contributed by atoms with E-state index < -0.39 is 0 Å². The molecule has 7 heteroatoms. The maximum Gasteiger partial charge on any atom is 0.263 e. The minimum absolute atomic E-state index is 0.185. The van der Waals surface area contributed by atoms with Gasteiger partial charge in [0.25, 0.3) is 5.56 Å². The van der Waals surface area contributed by atoms with Crippen molar-refractivity contribution >= 4 is 28.7 Å². The van der Waals surface area contributed by atoms with Crippen molar-refractivity contribution in [1.82, 2.24) is 19.7 Å². The number of fused-ring (bicyclic) bond motifs is 1. The van der Waals surface area contributed by atoms with Gasteiger partial charge in [-0.2, -0.15) is 10.1 Å². The molecule has 0 spiro atoms. The number of hydrogen-bond donors (Lipinski definition) is 2. The zero-order chi connectivity index (χ0) is 17.3. The highest BCUT2D eigenvalue weighted by Gasteiger charge is 2.19. The van der Waals surface area contributed by atoms with Gasteiger partial charge in [0.2, 0.25) is 5.95 Å². The summed E-state index contributed by atoms with van der Waals surface area (Å²) < 4.78 is 1.77. The van der Waals surface area contributed by atoms with Crippen LogP contribution in [0.2, 0.25) is 0 Å². The number of nitrogens with one attached hydrogen (secondary N) is 2. The van der Waals surface area contributed by atoms with Crippen molar-refractivity contribution in [1.29, 1.82) is 0 Å². The summed E-state index contributed by atoms with van der Waals surface area (Å²) in [5.74, 6) is 0.451. The molecule has 0 atom stereocenters. The van der Waals surface area contributed by atoms with Crippen LogP contribution in [-0.4, -0.2) is 26.0 Å². The van der Waals surface area contributed by atoms with Gasteiger partial charge in [-0.05, 0) is 44.7 Å². The van der Waals surface area contributed by atoms with Gasteiger partial charge < -0.3 is 5.32 Å². The summed E-state index contributed by atoms with van der Waals surface area (Å²) in [4.78, 5) is 20.8. The third-order valence-electron chi connectivity index (χ3n) is 3.69. The van der Waals surface area contributed by atoms with Crippen molar-refractivity contribution in [3.8, 4) is 0 Å².